The Morgan fingerprint density at radius 3 is 2.44 bits per heavy atom. The Bertz CT molecular complexity index is 538. The van der Waals surface area contributed by atoms with Crippen LogP contribution >= 0.6 is 0 Å². The molecule has 0 fully saturated rings. The van der Waals surface area contributed by atoms with E-state index in [1.807, 2.05) is 0 Å². The molecule has 0 aliphatic heterocycles. The Balaban J connectivity index is 2.64. The molecule has 0 radical (unpaired) electrons. The first kappa shape index (κ1) is 14.7. The van der Waals surface area contributed by atoms with Gasteiger partial charge in [-0.1, -0.05) is 18.1 Å². The molecule has 0 aliphatic rings. The van der Waals surface area contributed by atoms with Crippen molar-refractivity contribution < 1.29 is 13.5 Å². The zero-order valence-electron chi connectivity index (χ0n) is 10.5. The summed E-state index contributed by atoms with van der Waals surface area (Å²) in [6.45, 7) is 2.66. The highest BCUT2D eigenvalue weighted by Crippen LogP contribution is 2.15. The van der Waals surface area contributed by atoms with Crippen LogP contribution in [0.3, 0.4) is 0 Å². The highest BCUT2D eigenvalue weighted by molar-refractivity contribution is 7.90. The van der Waals surface area contributed by atoms with Gasteiger partial charge in [0.1, 0.15) is 0 Å². The summed E-state index contributed by atoms with van der Waals surface area (Å²) in [6, 6.07) is 6.24. The van der Waals surface area contributed by atoms with Crippen molar-refractivity contribution >= 4 is 9.84 Å². The van der Waals surface area contributed by atoms with E-state index in [1.165, 1.54) is 12.1 Å². The van der Waals surface area contributed by atoms with Crippen LogP contribution in [-0.2, 0) is 9.84 Å². The fourth-order valence-corrected chi connectivity index (χ4v) is 2.05. The number of aliphatic hydroxyl groups excluding tert-OH is 1. The van der Waals surface area contributed by atoms with Crippen LogP contribution in [0.1, 0.15) is 18.6 Å². The normalized spacial score (nSPS) is 12.6. The molecular weight excluding hydrogens is 250 g/mol. The van der Waals surface area contributed by atoms with Crippen LogP contribution in [0.15, 0.2) is 29.2 Å². The van der Waals surface area contributed by atoms with Gasteiger partial charge in [-0.2, -0.15) is 0 Å². The summed E-state index contributed by atoms with van der Waals surface area (Å²) in [5.74, 6) is 5.58. The van der Waals surface area contributed by atoms with E-state index in [0.717, 1.165) is 6.26 Å². The van der Waals surface area contributed by atoms with Crippen molar-refractivity contribution in [2.75, 3.05) is 19.3 Å². The zero-order chi connectivity index (χ0) is 13.6. The monoisotopic (exact) mass is 267 g/mol. The second kappa shape index (κ2) is 6.55. The van der Waals surface area contributed by atoms with Crippen molar-refractivity contribution in [1.82, 2.24) is 5.32 Å². The molecule has 0 bridgehead atoms. The number of hydrogen-bond acceptors (Lipinski definition) is 4. The Hall–Kier alpha value is -1.35. The van der Waals surface area contributed by atoms with Crippen molar-refractivity contribution in [1.29, 1.82) is 0 Å². The molecule has 0 amide bonds. The molecule has 1 aromatic carbocycles. The van der Waals surface area contributed by atoms with E-state index in [0.29, 0.717) is 18.7 Å². The third kappa shape index (κ3) is 4.49. The molecule has 1 aromatic rings. The Morgan fingerprint density at radius 1 is 1.33 bits per heavy atom. The minimum Gasteiger partial charge on any atom is -0.387 e. The van der Waals surface area contributed by atoms with Gasteiger partial charge in [0, 0.05) is 12.8 Å². The van der Waals surface area contributed by atoms with E-state index in [2.05, 4.69) is 17.2 Å². The smallest absolute Gasteiger partial charge is 0.175 e. The summed E-state index contributed by atoms with van der Waals surface area (Å²) >= 11 is 0. The minimum atomic E-state index is -3.19. The lowest BCUT2D eigenvalue weighted by atomic mass is 10.1. The van der Waals surface area contributed by atoms with Gasteiger partial charge >= 0.3 is 0 Å². The third-order valence-corrected chi connectivity index (χ3v) is 3.55. The van der Waals surface area contributed by atoms with Gasteiger partial charge in [0.2, 0.25) is 0 Å². The van der Waals surface area contributed by atoms with E-state index in [1.54, 1.807) is 19.1 Å². The predicted octanol–water partition coefficient (Wildman–Crippen LogP) is 0.736. The molecule has 0 heterocycles. The number of nitrogens with one attached hydrogen (secondary N) is 1. The summed E-state index contributed by atoms with van der Waals surface area (Å²) in [4.78, 5) is 0.253. The third-order valence-electron chi connectivity index (χ3n) is 2.42. The molecule has 1 unspecified atom stereocenters. The van der Waals surface area contributed by atoms with Gasteiger partial charge in [-0.3, -0.25) is 0 Å². The van der Waals surface area contributed by atoms with E-state index in [9.17, 15) is 13.5 Å². The predicted molar refractivity (Wildman–Crippen MR) is 70.8 cm³/mol. The standard InChI is InChI=1S/C13H17NO3S/c1-3-4-9-14-10-13(15)11-5-7-12(8-6-11)18(2,16)17/h5-8,13-15H,9-10H2,1-2H3. The topological polar surface area (TPSA) is 66.4 Å². The fraction of sp³-hybridized carbons (Fsp3) is 0.385. The fourth-order valence-electron chi connectivity index (χ4n) is 1.41. The van der Waals surface area contributed by atoms with Crippen molar-refractivity contribution in [2.45, 2.75) is 17.9 Å². The van der Waals surface area contributed by atoms with Crippen molar-refractivity contribution in [2.24, 2.45) is 0 Å². The SMILES string of the molecule is CC#CCNCC(O)c1ccc(S(C)(=O)=O)cc1. The first-order chi connectivity index (χ1) is 8.45. The number of hydrogen-bond donors (Lipinski definition) is 2. The Morgan fingerprint density at radius 2 is 1.94 bits per heavy atom. The zero-order valence-corrected chi connectivity index (χ0v) is 11.3. The summed E-state index contributed by atoms with van der Waals surface area (Å²) in [5.41, 5.74) is 0.680. The van der Waals surface area contributed by atoms with Crippen molar-refractivity contribution in [3.63, 3.8) is 0 Å². The number of rotatable bonds is 5. The van der Waals surface area contributed by atoms with Crippen LogP contribution in [0.2, 0.25) is 0 Å². The van der Waals surface area contributed by atoms with E-state index < -0.39 is 15.9 Å². The number of aliphatic hydroxyl groups is 1. The molecule has 18 heavy (non-hydrogen) atoms. The highest BCUT2D eigenvalue weighted by Gasteiger charge is 2.10. The van der Waals surface area contributed by atoms with E-state index in [-0.39, 0.29) is 4.90 Å². The van der Waals surface area contributed by atoms with Gasteiger partial charge in [-0.05, 0) is 24.6 Å². The van der Waals surface area contributed by atoms with Crippen LogP contribution in [0.25, 0.3) is 0 Å². The quantitative estimate of drug-likeness (QED) is 0.610. The summed E-state index contributed by atoms with van der Waals surface area (Å²) in [5, 5.41) is 12.8. The number of benzene rings is 1. The molecule has 5 heteroatoms. The molecule has 1 rings (SSSR count). The second-order valence-electron chi connectivity index (χ2n) is 3.91. The van der Waals surface area contributed by atoms with Crippen molar-refractivity contribution in [3.05, 3.63) is 29.8 Å². The molecule has 0 saturated carbocycles. The van der Waals surface area contributed by atoms with Gasteiger partial charge in [0.05, 0.1) is 17.5 Å². The molecule has 2 N–H and O–H groups in total. The van der Waals surface area contributed by atoms with Gasteiger partial charge in [0.25, 0.3) is 0 Å². The summed E-state index contributed by atoms with van der Waals surface area (Å²) < 4.78 is 22.5. The van der Waals surface area contributed by atoms with Gasteiger partial charge < -0.3 is 10.4 Å². The lowest BCUT2D eigenvalue weighted by Gasteiger charge is -2.11. The largest absolute Gasteiger partial charge is 0.387 e. The number of sulfone groups is 1. The average molecular weight is 267 g/mol. The van der Waals surface area contributed by atoms with E-state index >= 15 is 0 Å². The van der Waals surface area contributed by atoms with Gasteiger partial charge in [-0.15, -0.1) is 5.92 Å². The van der Waals surface area contributed by atoms with Crippen LogP contribution in [-0.4, -0.2) is 32.9 Å². The average Bonchev–Trinajstić information content (AvgIpc) is 2.33. The van der Waals surface area contributed by atoms with E-state index in [4.69, 9.17) is 0 Å². The molecular formula is C13H17NO3S. The Labute approximate surface area is 108 Å². The molecule has 0 spiro atoms. The lowest BCUT2D eigenvalue weighted by Crippen LogP contribution is -2.21. The summed E-state index contributed by atoms with van der Waals surface area (Å²) in [6.07, 6.45) is 0.487. The lowest BCUT2D eigenvalue weighted by molar-refractivity contribution is 0.176. The molecule has 4 nitrogen and oxygen atoms in total. The maximum absolute atomic E-state index is 11.3. The van der Waals surface area contributed by atoms with Gasteiger partial charge in [-0.25, -0.2) is 8.42 Å². The Kier molecular flexibility index (Phi) is 5.35. The summed E-state index contributed by atoms with van der Waals surface area (Å²) in [7, 11) is -3.19. The maximum Gasteiger partial charge on any atom is 0.175 e. The van der Waals surface area contributed by atoms with Crippen LogP contribution < -0.4 is 5.32 Å². The first-order valence-corrected chi connectivity index (χ1v) is 7.42. The second-order valence-corrected chi connectivity index (χ2v) is 5.93. The molecule has 1 atom stereocenters. The molecule has 0 saturated heterocycles. The molecule has 0 aliphatic carbocycles. The molecule has 98 valence electrons. The van der Waals surface area contributed by atoms with Crippen LogP contribution in [0, 0.1) is 11.8 Å². The maximum atomic E-state index is 11.3. The molecule has 0 aromatic heterocycles. The first-order valence-electron chi connectivity index (χ1n) is 5.53. The minimum absolute atomic E-state index is 0.253. The highest BCUT2D eigenvalue weighted by atomic mass is 32.2. The van der Waals surface area contributed by atoms with Crippen LogP contribution in [0.4, 0.5) is 0 Å². The van der Waals surface area contributed by atoms with Gasteiger partial charge in [0.15, 0.2) is 9.84 Å². The van der Waals surface area contributed by atoms with Crippen molar-refractivity contribution in [3.8, 4) is 11.8 Å². The van der Waals surface area contributed by atoms with Crippen LogP contribution in [0.5, 0.6) is 0 Å².